The Morgan fingerprint density at radius 3 is 2.79 bits per heavy atom. The Balaban J connectivity index is 0.00000140. The number of nitrogens with one attached hydrogen (secondary N) is 2. The molecule has 2 aliphatic rings. The molecule has 1 amide bonds. The summed E-state index contributed by atoms with van der Waals surface area (Å²) in [4.78, 5) is 15.1. The molecule has 1 saturated heterocycles. The molecule has 4 rings (SSSR count). The molecular formula is C19H28Cl2N6O. The van der Waals surface area contributed by atoms with Gasteiger partial charge in [0.25, 0.3) is 5.91 Å². The van der Waals surface area contributed by atoms with Gasteiger partial charge in [0, 0.05) is 18.8 Å². The summed E-state index contributed by atoms with van der Waals surface area (Å²) in [7, 11) is 0. The number of hydrogen-bond donors (Lipinski definition) is 2. The average Bonchev–Trinajstić information content (AvgIpc) is 3.30. The van der Waals surface area contributed by atoms with E-state index in [4.69, 9.17) is 0 Å². The van der Waals surface area contributed by atoms with Gasteiger partial charge in [-0.15, -0.1) is 29.9 Å². The number of nitrogens with zero attached hydrogens (tertiary/aromatic N) is 4. The number of piperidine rings is 1. The van der Waals surface area contributed by atoms with Crippen LogP contribution in [0.15, 0.2) is 24.4 Å². The van der Waals surface area contributed by atoms with Gasteiger partial charge in [-0.1, -0.05) is 24.3 Å². The molecule has 0 aliphatic carbocycles. The zero-order valence-electron chi connectivity index (χ0n) is 16.1. The highest BCUT2D eigenvalue weighted by Gasteiger charge is 2.23. The molecule has 0 radical (unpaired) electrons. The Labute approximate surface area is 178 Å². The number of amides is 1. The topological polar surface area (TPSA) is 75.1 Å². The van der Waals surface area contributed by atoms with E-state index in [9.17, 15) is 4.79 Å². The molecule has 1 fully saturated rings. The number of hydrogen-bond acceptors (Lipinski definition) is 5. The average molecular weight is 427 g/mol. The number of anilines is 1. The van der Waals surface area contributed by atoms with E-state index in [0.29, 0.717) is 11.7 Å². The second-order valence-corrected chi connectivity index (χ2v) is 7.17. The molecular weight excluding hydrogens is 399 g/mol. The smallest absolute Gasteiger partial charge is 0.277 e. The van der Waals surface area contributed by atoms with Crippen LogP contribution in [0.3, 0.4) is 0 Å². The monoisotopic (exact) mass is 426 g/mol. The number of aromatic nitrogens is 3. The van der Waals surface area contributed by atoms with E-state index < -0.39 is 0 Å². The summed E-state index contributed by atoms with van der Waals surface area (Å²) < 4.78 is 1.84. The highest BCUT2D eigenvalue weighted by molar-refractivity contribution is 6.03. The Hall–Kier alpha value is -1.67. The van der Waals surface area contributed by atoms with Crippen LogP contribution in [-0.4, -0.2) is 45.4 Å². The first-order valence-corrected chi connectivity index (χ1v) is 9.51. The fourth-order valence-electron chi connectivity index (χ4n) is 3.90. The van der Waals surface area contributed by atoms with Crippen LogP contribution >= 0.6 is 24.8 Å². The number of fused-ring (bicyclic) bond motifs is 1. The minimum atomic E-state index is -0.187. The van der Waals surface area contributed by atoms with Gasteiger partial charge in [-0.2, -0.15) is 0 Å². The van der Waals surface area contributed by atoms with E-state index in [-0.39, 0.29) is 30.7 Å². The van der Waals surface area contributed by atoms with Crippen LogP contribution in [0.1, 0.15) is 53.8 Å². The maximum absolute atomic E-state index is 12.7. The largest absolute Gasteiger partial charge is 0.320 e. The van der Waals surface area contributed by atoms with Crippen molar-refractivity contribution in [3.8, 4) is 0 Å². The van der Waals surface area contributed by atoms with Crippen LogP contribution in [0.2, 0.25) is 0 Å². The molecule has 1 aromatic carbocycles. The lowest BCUT2D eigenvalue weighted by atomic mass is 10.1. The summed E-state index contributed by atoms with van der Waals surface area (Å²) in [5.41, 5.74) is 3.79. The Bertz CT molecular complexity index is 790. The van der Waals surface area contributed by atoms with Crippen LogP contribution in [0, 0.1) is 0 Å². The molecule has 0 bridgehead atoms. The highest BCUT2D eigenvalue weighted by atomic mass is 35.5. The van der Waals surface area contributed by atoms with Gasteiger partial charge in [-0.25, -0.2) is 4.68 Å². The van der Waals surface area contributed by atoms with Crippen LogP contribution < -0.4 is 10.6 Å². The molecule has 0 atom stereocenters. The Morgan fingerprint density at radius 1 is 1.25 bits per heavy atom. The molecule has 2 aromatic rings. The van der Waals surface area contributed by atoms with E-state index in [1.165, 1.54) is 11.1 Å². The zero-order valence-corrected chi connectivity index (χ0v) is 17.7. The van der Waals surface area contributed by atoms with Gasteiger partial charge in [0.2, 0.25) is 0 Å². The lowest BCUT2D eigenvalue weighted by Gasteiger charge is -2.22. The fourth-order valence-corrected chi connectivity index (χ4v) is 3.90. The molecule has 9 heteroatoms. The lowest BCUT2D eigenvalue weighted by Crippen LogP contribution is -2.29. The van der Waals surface area contributed by atoms with Crippen molar-refractivity contribution in [2.75, 3.05) is 25.0 Å². The van der Waals surface area contributed by atoms with E-state index >= 15 is 0 Å². The van der Waals surface area contributed by atoms with Crippen LogP contribution in [0.25, 0.3) is 0 Å². The van der Waals surface area contributed by atoms with Crippen molar-refractivity contribution in [2.45, 2.75) is 45.3 Å². The molecule has 28 heavy (non-hydrogen) atoms. The number of halogens is 2. The van der Waals surface area contributed by atoms with E-state index in [1.54, 1.807) is 6.20 Å². The van der Waals surface area contributed by atoms with Gasteiger partial charge >= 0.3 is 0 Å². The van der Waals surface area contributed by atoms with E-state index in [0.717, 1.165) is 57.7 Å². The fraction of sp³-hybridized carbons (Fsp3) is 0.526. The second-order valence-electron chi connectivity index (χ2n) is 7.17. The van der Waals surface area contributed by atoms with E-state index in [2.05, 4.69) is 38.8 Å². The van der Waals surface area contributed by atoms with Gasteiger partial charge < -0.3 is 10.6 Å². The Morgan fingerprint density at radius 2 is 2.04 bits per heavy atom. The predicted octanol–water partition coefficient (Wildman–Crippen LogP) is 3.02. The first kappa shape index (κ1) is 22.6. The third kappa shape index (κ3) is 4.84. The second kappa shape index (κ2) is 10.2. The molecule has 2 N–H and O–H groups in total. The molecule has 0 saturated carbocycles. The van der Waals surface area contributed by atoms with Crippen LogP contribution in [0.4, 0.5) is 5.69 Å². The summed E-state index contributed by atoms with van der Waals surface area (Å²) in [5.74, 6) is -0.187. The van der Waals surface area contributed by atoms with E-state index in [1.807, 2.05) is 16.8 Å². The summed E-state index contributed by atoms with van der Waals surface area (Å²) in [6, 6.07) is 6.46. The minimum Gasteiger partial charge on any atom is -0.320 e. The van der Waals surface area contributed by atoms with Crippen molar-refractivity contribution >= 4 is 36.4 Å². The van der Waals surface area contributed by atoms with Crippen molar-refractivity contribution < 1.29 is 4.79 Å². The number of carbonyl (C=O) groups is 1. The summed E-state index contributed by atoms with van der Waals surface area (Å²) in [6.45, 7) is 7.08. The number of benzene rings is 1. The van der Waals surface area contributed by atoms with Crippen molar-refractivity contribution in [3.63, 3.8) is 0 Å². The van der Waals surface area contributed by atoms with Crippen LogP contribution in [-0.2, 0) is 13.1 Å². The van der Waals surface area contributed by atoms with Crippen molar-refractivity contribution in [2.24, 2.45) is 0 Å². The third-order valence-electron chi connectivity index (χ3n) is 5.26. The first-order chi connectivity index (χ1) is 12.7. The lowest BCUT2D eigenvalue weighted by molar-refractivity contribution is 0.102. The van der Waals surface area contributed by atoms with Gasteiger partial charge in [-0.05, 0) is 56.1 Å². The molecule has 7 nitrogen and oxygen atoms in total. The van der Waals surface area contributed by atoms with Crippen molar-refractivity contribution in [3.05, 3.63) is 41.2 Å². The maximum atomic E-state index is 12.7. The predicted molar refractivity (Wildman–Crippen MR) is 114 cm³/mol. The Kier molecular flexibility index (Phi) is 8.24. The highest BCUT2D eigenvalue weighted by Crippen LogP contribution is 2.29. The maximum Gasteiger partial charge on any atom is 0.277 e. The molecule has 2 aliphatic heterocycles. The zero-order chi connectivity index (χ0) is 17.9. The number of rotatable bonds is 5. The number of carbonyl (C=O) groups excluding carboxylic acids is 1. The quantitative estimate of drug-likeness (QED) is 0.768. The normalized spacial score (nSPS) is 16.8. The minimum absolute atomic E-state index is 0. The molecule has 154 valence electrons. The SMILES string of the molecule is CCCN1Cc2cccc(NC(=O)c3cn(C4CCNCC4)nn3)c2C1.Cl.Cl. The molecule has 1 aromatic heterocycles. The van der Waals surface area contributed by atoms with Crippen LogP contribution in [0.5, 0.6) is 0 Å². The van der Waals surface area contributed by atoms with Gasteiger partial charge in [0.1, 0.15) is 0 Å². The van der Waals surface area contributed by atoms with Gasteiger partial charge in [0.15, 0.2) is 5.69 Å². The summed E-state index contributed by atoms with van der Waals surface area (Å²) >= 11 is 0. The first-order valence-electron chi connectivity index (χ1n) is 9.51. The van der Waals surface area contributed by atoms with Gasteiger partial charge in [0.05, 0.1) is 12.2 Å². The van der Waals surface area contributed by atoms with Crippen molar-refractivity contribution in [1.29, 1.82) is 0 Å². The molecule has 0 unspecified atom stereocenters. The molecule has 0 spiro atoms. The standard InChI is InChI=1S/C19H26N6O.2ClH/c1-2-10-24-11-14-4-3-5-17(16(14)12-24)21-19(26)18-13-25(23-22-18)15-6-8-20-9-7-15;;/h3-5,13,15,20H,2,6-12H2,1H3,(H,21,26);2*1H. The summed E-state index contributed by atoms with van der Waals surface area (Å²) in [5, 5.41) is 14.7. The van der Waals surface area contributed by atoms with Gasteiger partial charge in [-0.3, -0.25) is 9.69 Å². The third-order valence-corrected chi connectivity index (χ3v) is 5.26. The van der Waals surface area contributed by atoms with Crippen molar-refractivity contribution in [1.82, 2.24) is 25.2 Å². The summed E-state index contributed by atoms with van der Waals surface area (Å²) in [6.07, 6.45) is 4.95. The molecule has 3 heterocycles.